The molecule has 0 rings (SSSR count). The lowest BCUT2D eigenvalue weighted by Crippen LogP contribution is -2.37. The van der Waals surface area contributed by atoms with E-state index in [4.69, 9.17) is 18.5 Å². The zero-order chi connectivity index (χ0) is 65.5. The lowest BCUT2D eigenvalue weighted by atomic mass is 10.1. The van der Waals surface area contributed by atoms with E-state index in [1.54, 1.807) is 0 Å². The fourth-order valence-corrected chi connectivity index (χ4v) is 9.03. The van der Waals surface area contributed by atoms with Crippen molar-refractivity contribution in [1.82, 2.24) is 0 Å². The molecule has 0 radical (unpaired) electrons. The summed E-state index contributed by atoms with van der Waals surface area (Å²) < 4.78 is 34.6. The smallest absolute Gasteiger partial charge is 0.462 e. The van der Waals surface area contributed by atoms with Crippen LogP contribution in [-0.4, -0.2) is 74.9 Å². The Morgan fingerprint density at radius 1 is 0.344 bits per heavy atom. The summed E-state index contributed by atoms with van der Waals surface area (Å²) in [4.78, 5) is 35.9. The van der Waals surface area contributed by atoms with Gasteiger partial charge in [-0.05, 0) is 154 Å². The normalized spacial score (nSPS) is 14.5. The van der Waals surface area contributed by atoms with Crippen LogP contribution in [0.2, 0.25) is 0 Å². The molecule has 0 amide bonds. The van der Waals surface area contributed by atoms with Crippen LogP contribution in [0.5, 0.6) is 0 Å². The standard InChI is InChI=1S/C80H124NO8P/c1-6-8-10-12-14-16-18-20-22-24-26-28-30-32-34-36-38-40-42-44-46-48-50-52-54-56-58-60-62-64-66-68-70-72-79(82)86-76-78(77-88-90(84,85)87-75-74-81(3,4)5)89-80(83)73-71-69-67-65-63-61-59-57-55-53-51-49-47-45-43-41-39-37-35-33-31-29-27-25-23-21-19-17-15-13-11-9-7-2/h8-11,14-17,20-23,26-29,32-35,38-41,44-47,50-53,56-59,78H,6-7,12-13,18-19,24-25,30-31,36-37,42-43,48-49,54-55,60-77H2,1-5H3/p+1/b10-8-,11-9-,16-14-,17-15-,22-20-,23-21-,28-26-,29-27-,34-32-,35-33-,40-38-,41-39-,46-44-,47-45-,52-50-,53-51-,58-56-,59-57-. The van der Waals surface area contributed by atoms with Gasteiger partial charge in [0.1, 0.15) is 19.8 Å². The third kappa shape index (κ3) is 71.4. The van der Waals surface area contributed by atoms with Crippen LogP contribution in [-0.2, 0) is 32.7 Å². The molecule has 9 nitrogen and oxygen atoms in total. The molecule has 0 heterocycles. The van der Waals surface area contributed by atoms with Crippen LogP contribution in [0.1, 0.15) is 219 Å². The van der Waals surface area contributed by atoms with Crippen LogP contribution in [0, 0.1) is 0 Å². The molecular weight excluding hydrogens is 1130 g/mol. The van der Waals surface area contributed by atoms with E-state index in [0.29, 0.717) is 23.9 Å². The summed E-state index contributed by atoms with van der Waals surface area (Å²) in [6.07, 6.45) is 109. The highest BCUT2D eigenvalue weighted by Crippen LogP contribution is 2.43. The van der Waals surface area contributed by atoms with Gasteiger partial charge in [0.05, 0.1) is 27.7 Å². The van der Waals surface area contributed by atoms with Crippen molar-refractivity contribution < 1.29 is 42.1 Å². The Morgan fingerprint density at radius 3 is 0.889 bits per heavy atom. The number of esters is 2. The average Bonchev–Trinajstić information content (AvgIpc) is 3.56. The minimum absolute atomic E-state index is 0.0106. The first kappa shape index (κ1) is 84.3. The predicted molar refractivity (Wildman–Crippen MR) is 389 cm³/mol. The van der Waals surface area contributed by atoms with Crippen molar-refractivity contribution in [3.63, 3.8) is 0 Å². The molecule has 0 saturated heterocycles. The molecule has 0 bridgehead atoms. The lowest BCUT2D eigenvalue weighted by Gasteiger charge is -2.24. The maximum Gasteiger partial charge on any atom is 0.472 e. The Hall–Kier alpha value is -5.67. The van der Waals surface area contributed by atoms with Gasteiger partial charge in [-0.1, -0.05) is 271 Å². The number of phosphoric ester groups is 1. The molecule has 2 atom stereocenters. The topological polar surface area (TPSA) is 108 Å². The van der Waals surface area contributed by atoms with Crippen molar-refractivity contribution in [1.29, 1.82) is 0 Å². The molecule has 0 aromatic carbocycles. The lowest BCUT2D eigenvalue weighted by molar-refractivity contribution is -0.870. The number of hydrogen-bond acceptors (Lipinski definition) is 7. The van der Waals surface area contributed by atoms with E-state index in [-0.39, 0.29) is 26.1 Å². The molecule has 0 spiro atoms. The van der Waals surface area contributed by atoms with E-state index >= 15 is 0 Å². The Morgan fingerprint density at radius 2 is 0.600 bits per heavy atom. The zero-order valence-corrected chi connectivity index (χ0v) is 57.9. The Labute approximate surface area is 550 Å². The molecule has 0 aromatic heterocycles. The van der Waals surface area contributed by atoms with Crippen LogP contribution in [0.4, 0.5) is 0 Å². The molecule has 0 aliphatic carbocycles. The van der Waals surface area contributed by atoms with E-state index in [9.17, 15) is 19.0 Å². The number of ether oxygens (including phenoxy) is 2. The Bertz CT molecular complexity index is 2320. The molecule has 0 saturated carbocycles. The number of nitrogens with zero attached hydrogens (tertiary/aromatic N) is 1. The van der Waals surface area contributed by atoms with Gasteiger partial charge in [0.25, 0.3) is 0 Å². The van der Waals surface area contributed by atoms with E-state index < -0.39 is 32.5 Å². The highest BCUT2D eigenvalue weighted by atomic mass is 31.2. The number of unbranched alkanes of at least 4 members (excludes halogenated alkanes) is 10. The first-order chi connectivity index (χ1) is 44.0. The Balaban J connectivity index is 4.27. The third-order valence-electron chi connectivity index (χ3n) is 13.5. The minimum Gasteiger partial charge on any atom is -0.462 e. The fourth-order valence-electron chi connectivity index (χ4n) is 8.29. The van der Waals surface area contributed by atoms with Crippen molar-refractivity contribution in [3.8, 4) is 0 Å². The molecule has 0 aliphatic rings. The number of quaternary nitrogens is 1. The number of allylic oxidation sites excluding steroid dienone is 36. The van der Waals surface area contributed by atoms with Gasteiger partial charge in [-0.3, -0.25) is 18.6 Å². The van der Waals surface area contributed by atoms with E-state index in [2.05, 4.69) is 233 Å². The minimum atomic E-state index is -4.42. The van der Waals surface area contributed by atoms with Crippen LogP contribution in [0.3, 0.4) is 0 Å². The van der Waals surface area contributed by atoms with Gasteiger partial charge in [-0.25, -0.2) is 4.57 Å². The molecule has 0 aromatic rings. The van der Waals surface area contributed by atoms with Crippen LogP contribution in [0.25, 0.3) is 0 Å². The van der Waals surface area contributed by atoms with Crippen molar-refractivity contribution in [2.24, 2.45) is 0 Å². The second-order valence-corrected chi connectivity index (χ2v) is 24.5. The predicted octanol–water partition coefficient (Wildman–Crippen LogP) is 22.8. The van der Waals surface area contributed by atoms with Gasteiger partial charge in [0, 0.05) is 12.8 Å². The third-order valence-corrected chi connectivity index (χ3v) is 14.5. The van der Waals surface area contributed by atoms with Crippen LogP contribution >= 0.6 is 7.82 Å². The molecule has 0 aliphatic heterocycles. The molecule has 502 valence electrons. The van der Waals surface area contributed by atoms with Gasteiger partial charge in [0.15, 0.2) is 6.10 Å². The van der Waals surface area contributed by atoms with Crippen molar-refractivity contribution >= 4 is 19.8 Å². The van der Waals surface area contributed by atoms with E-state index in [1.165, 1.54) is 0 Å². The molecule has 0 fully saturated rings. The van der Waals surface area contributed by atoms with Crippen LogP contribution < -0.4 is 0 Å². The van der Waals surface area contributed by atoms with E-state index in [1.807, 2.05) is 21.1 Å². The van der Waals surface area contributed by atoms with Gasteiger partial charge >= 0.3 is 19.8 Å². The summed E-state index contributed by atoms with van der Waals surface area (Å²) in [6, 6.07) is 0. The van der Waals surface area contributed by atoms with Crippen molar-refractivity contribution in [2.45, 2.75) is 225 Å². The van der Waals surface area contributed by atoms with Crippen LogP contribution in [0.15, 0.2) is 219 Å². The molecule has 90 heavy (non-hydrogen) atoms. The Kier molecular flexibility index (Phi) is 63.4. The molecule has 1 N–H and O–H groups in total. The largest absolute Gasteiger partial charge is 0.472 e. The summed E-state index contributed by atoms with van der Waals surface area (Å²) in [7, 11) is 1.41. The second kappa shape index (κ2) is 67.7. The number of carbonyl (C=O) groups excluding carboxylic acids is 2. The SMILES string of the molecule is CC/C=C\C/C=C\C/C=C\C/C=C\C/C=C\C/C=C\C/C=C\C/C=C\C/C=C\CCCCCCCC(=O)OCC(COP(=O)(O)OCC[N+](C)(C)C)OC(=O)CCCCCCC/C=C\C/C=C\C/C=C\C/C=C\C/C=C\C/C=C\C/C=C\C/C=C\C/C=C\CC. The maximum absolute atomic E-state index is 12.9. The number of rotatable bonds is 60. The molecular formula is C80H125NO8P+. The first-order valence-electron chi connectivity index (χ1n) is 34.5. The van der Waals surface area contributed by atoms with Crippen molar-refractivity contribution in [2.75, 3.05) is 47.5 Å². The highest BCUT2D eigenvalue weighted by Gasteiger charge is 2.27. The zero-order valence-electron chi connectivity index (χ0n) is 57.0. The number of hydrogen-bond donors (Lipinski definition) is 1. The van der Waals surface area contributed by atoms with Gasteiger partial charge in [-0.15, -0.1) is 0 Å². The second-order valence-electron chi connectivity index (χ2n) is 23.1. The number of phosphoric acid groups is 1. The fraction of sp³-hybridized carbons (Fsp3) is 0.525. The van der Waals surface area contributed by atoms with Gasteiger partial charge in [0.2, 0.25) is 0 Å². The average molecular weight is 1260 g/mol. The summed E-state index contributed by atoms with van der Waals surface area (Å²) in [5.74, 6) is -0.862. The number of likely N-dealkylation sites (N-methyl/N-ethyl adjacent to an activating group) is 1. The maximum atomic E-state index is 12.9. The van der Waals surface area contributed by atoms with Gasteiger partial charge in [-0.2, -0.15) is 0 Å². The van der Waals surface area contributed by atoms with Crippen molar-refractivity contribution in [3.05, 3.63) is 219 Å². The molecule has 10 heteroatoms. The summed E-state index contributed by atoms with van der Waals surface area (Å²) in [5.41, 5.74) is 0. The van der Waals surface area contributed by atoms with E-state index in [0.717, 1.165) is 180 Å². The van der Waals surface area contributed by atoms with Gasteiger partial charge < -0.3 is 18.9 Å². The number of carbonyl (C=O) groups is 2. The monoisotopic (exact) mass is 1260 g/mol. The quantitative estimate of drug-likeness (QED) is 0.0211. The first-order valence-corrected chi connectivity index (χ1v) is 36.0. The summed E-state index contributed by atoms with van der Waals surface area (Å²) in [6.45, 7) is 4.12. The molecule has 2 unspecified atom stereocenters. The summed E-state index contributed by atoms with van der Waals surface area (Å²) in [5, 5.41) is 0. The summed E-state index contributed by atoms with van der Waals surface area (Å²) >= 11 is 0. The highest BCUT2D eigenvalue weighted by molar-refractivity contribution is 7.47.